The number of nitrogens with zero attached hydrogens (tertiary/aromatic N) is 2. The zero-order valence-corrected chi connectivity index (χ0v) is 32.1. The molecule has 0 unspecified atom stereocenters. The van der Waals surface area contributed by atoms with Gasteiger partial charge in [0.05, 0.1) is 0 Å². The summed E-state index contributed by atoms with van der Waals surface area (Å²) in [6.45, 7) is 0.00734. The summed E-state index contributed by atoms with van der Waals surface area (Å²) < 4.78 is 19.9. The Kier molecular flexibility index (Phi) is 6.31. The second-order valence-corrected chi connectivity index (χ2v) is 16.0. The molecule has 2 aliphatic rings. The van der Waals surface area contributed by atoms with Crippen molar-refractivity contribution in [2.45, 2.75) is 0 Å². The minimum atomic E-state index is 0.00734. The van der Waals surface area contributed by atoms with E-state index in [4.69, 9.17) is 13.3 Å². The number of hydrogen-bond donors (Lipinski definition) is 0. The van der Waals surface area contributed by atoms with Gasteiger partial charge in [0.15, 0.2) is 11.2 Å². The van der Waals surface area contributed by atoms with Crippen molar-refractivity contribution in [3.05, 3.63) is 188 Å². The smallest absolute Gasteiger partial charge is 0.252 e. The van der Waals surface area contributed by atoms with Crippen LogP contribution in [0, 0.1) is 0 Å². The molecule has 6 heteroatoms. The van der Waals surface area contributed by atoms with Gasteiger partial charge >= 0.3 is 0 Å². The molecule has 278 valence electrons. The topological polar surface area (TPSA) is 45.9 Å². The van der Waals surface area contributed by atoms with Gasteiger partial charge in [-0.1, -0.05) is 115 Å². The number of benzene rings is 9. The van der Waals surface area contributed by atoms with Crippen molar-refractivity contribution >= 4 is 123 Å². The first-order chi connectivity index (χ1) is 29.8. The number of furan rings is 3. The predicted octanol–water partition coefficient (Wildman–Crippen LogP) is 13.1. The van der Waals surface area contributed by atoms with Crippen LogP contribution in [0.1, 0.15) is 0 Å². The highest BCUT2D eigenvalue weighted by Crippen LogP contribution is 2.51. The highest BCUT2D eigenvalue weighted by Gasteiger charge is 2.44. The summed E-state index contributed by atoms with van der Waals surface area (Å²) in [5.41, 5.74) is 17.7. The number of para-hydroxylation sites is 5. The van der Waals surface area contributed by atoms with Crippen LogP contribution in [0.4, 0.5) is 34.1 Å². The van der Waals surface area contributed by atoms with Crippen LogP contribution >= 0.6 is 0 Å². The Morgan fingerprint density at radius 2 is 0.817 bits per heavy atom. The number of fused-ring (bicyclic) bond motifs is 13. The maximum absolute atomic E-state index is 6.89. The van der Waals surface area contributed by atoms with Gasteiger partial charge in [0.1, 0.15) is 28.0 Å². The van der Waals surface area contributed by atoms with Crippen LogP contribution in [-0.4, -0.2) is 6.71 Å². The van der Waals surface area contributed by atoms with E-state index in [1.807, 2.05) is 24.3 Å². The first kappa shape index (κ1) is 32.1. The molecule has 0 radical (unpaired) electrons. The molecule has 12 aromatic rings. The molecule has 9 aromatic carbocycles. The largest absolute Gasteiger partial charge is 0.456 e. The van der Waals surface area contributed by atoms with Crippen molar-refractivity contribution < 1.29 is 13.3 Å². The molecule has 0 saturated carbocycles. The summed E-state index contributed by atoms with van der Waals surface area (Å²) in [5, 5.41) is 6.56. The molecular formula is C54H31BN2O3. The van der Waals surface area contributed by atoms with Gasteiger partial charge in [-0.05, 0) is 100 Å². The van der Waals surface area contributed by atoms with Crippen LogP contribution in [0.5, 0.6) is 0 Å². The van der Waals surface area contributed by atoms with Crippen LogP contribution in [0.3, 0.4) is 0 Å². The van der Waals surface area contributed by atoms with Crippen LogP contribution in [-0.2, 0) is 0 Å². The Morgan fingerprint density at radius 1 is 0.333 bits per heavy atom. The minimum absolute atomic E-state index is 0.00734. The lowest BCUT2D eigenvalue weighted by Crippen LogP contribution is -2.61. The third-order valence-electron chi connectivity index (χ3n) is 12.9. The molecule has 0 spiro atoms. The molecule has 2 aliphatic heterocycles. The lowest BCUT2D eigenvalue weighted by molar-refractivity contribution is 0.656. The average molecular weight is 767 g/mol. The van der Waals surface area contributed by atoms with Crippen LogP contribution in [0.15, 0.2) is 201 Å². The monoisotopic (exact) mass is 766 g/mol. The van der Waals surface area contributed by atoms with E-state index in [0.717, 1.165) is 105 Å². The Balaban J connectivity index is 0.998. The zero-order chi connectivity index (χ0) is 39.1. The summed E-state index contributed by atoms with van der Waals surface area (Å²) in [4.78, 5) is 4.84. The van der Waals surface area contributed by atoms with Crippen molar-refractivity contribution in [3.63, 3.8) is 0 Å². The molecule has 0 N–H and O–H groups in total. The average Bonchev–Trinajstić information content (AvgIpc) is 4.00. The fourth-order valence-electron chi connectivity index (χ4n) is 10.3. The quantitative estimate of drug-likeness (QED) is 0.168. The molecule has 0 saturated heterocycles. The van der Waals surface area contributed by atoms with Crippen molar-refractivity contribution in [3.8, 4) is 11.1 Å². The SMILES string of the molecule is c1ccc2c(c1)B1c3ccccc3N(c3c4oc5ccccc5c4cc4c3oc3ccccc34)c3cccc(c31)N2c1ccc(-c2ccc3oc4ccccc4c3c2)cc1. The molecular weight excluding hydrogens is 735 g/mol. The third-order valence-corrected chi connectivity index (χ3v) is 12.9. The first-order valence-corrected chi connectivity index (χ1v) is 20.4. The van der Waals surface area contributed by atoms with Gasteiger partial charge in [-0.3, -0.25) is 0 Å². The van der Waals surface area contributed by atoms with E-state index < -0.39 is 0 Å². The Labute approximate surface area is 344 Å². The molecule has 3 aromatic heterocycles. The van der Waals surface area contributed by atoms with Gasteiger partial charge < -0.3 is 23.1 Å². The molecule has 0 bridgehead atoms. The molecule has 5 heterocycles. The van der Waals surface area contributed by atoms with Gasteiger partial charge in [-0.2, -0.15) is 0 Å². The van der Waals surface area contributed by atoms with Gasteiger partial charge in [-0.25, -0.2) is 0 Å². The van der Waals surface area contributed by atoms with E-state index in [-0.39, 0.29) is 6.71 Å². The van der Waals surface area contributed by atoms with Crippen LogP contribution in [0.2, 0.25) is 0 Å². The van der Waals surface area contributed by atoms with E-state index in [0.29, 0.717) is 0 Å². The van der Waals surface area contributed by atoms with E-state index in [9.17, 15) is 0 Å². The predicted molar refractivity (Wildman–Crippen MR) is 248 cm³/mol. The van der Waals surface area contributed by atoms with Gasteiger partial charge in [0, 0.05) is 60.8 Å². The van der Waals surface area contributed by atoms with Gasteiger partial charge in [0.25, 0.3) is 6.71 Å². The van der Waals surface area contributed by atoms with E-state index in [2.05, 4.69) is 174 Å². The molecule has 0 fully saturated rings. The Morgan fingerprint density at radius 3 is 1.47 bits per heavy atom. The standard InChI is InChI=1S/C54H31BN2O3/c1-8-21-47-35(12-1)38-30-33(26-29-50(38)58-47)32-24-27-34(28-25-32)56-43-17-6-4-15-41(43)55-42-16-5-7-18-44(42)57(46-20-11-19-45(56)51(46)55)52-53-39(36-13-2-9-22-48(36)59-53)31-40-37-14-3-10-23-49(37)60-54(40)52/h1-31H. The molecule has 60 heavy (non-hydrogen) atoms. The third kappa shape index (κ3) is 4.26. The summed E-state index contributed by atoms with van der Waals surface area (Å²) in [6, 6.07) is 67.1. The second kappa shape index (κ2) is 11.8. The summed E-state index contributed by atoms with van der Waals surface area (Å²) in [6.07, 6.45) is 0. The Hall–Kier alpha value is -7.96. The Bertz CT molecular complexity index is 3670. The first-order valence-electron chi connectivity index (χ1n) is 20.4. The molecule has 0 aliphatic carbocycles. The molecule has 5 nitrogen and oxygen atoms in total. The molecule has 0 atom stereocenters. The number of hydrogen-bond acceptors (Lipinski definition) is 5. The maximum atomic E-state index is 6.89. The van der Waals surface area contributed by atoms with Gasteiger partial charge in [0.2, 0.25) is 0 Å². The normalized spacial score (nSPS) is 13.2. The fraction of sp³-hybridized carbons (Fsp3) is 0. The van der Waals surface area contributed by atoms with Gasteiger partial charge in [-0.15, -0.1) is 0 Å². The van der Waals surface area contributed by atoms with Crippen LogP contribution < -0.4 is 26.2 Å². The zero-order valence-electron chi connectivity index (χ0n) is 32.1. The van der Waals surface area contributed by atoms with Crippen LogP contribution in [0.25, 0.3) is 76.9 Å². The van der Waals surface area contributed by atoms with E-state index in [1.54, 1.807) is 0 Å². The summed E-state index contributed by atoms with van der Waals surface area (Å²) in [5.74, 6) is 0. The number of anilines is 6. The van der Waals surface area contributed by atoms with E-state index >= 15 is 0 Å². The van der Waals surface area contributed by atoms with Crippen molar-refractivity contribution in [1.82, 2.24) is 0 Å². The summed E-state index contributed by atoms with van der Waals surface area (Å²) >= 11 is 0. The van der Waals surface area contributed by atoms with Crippen molar-refractivity contribution in [1.29, 1.82) is 0 Å². The highest BCUT2D eigenvalue weighted by atomic mass is 16.3. The lowest BCUT2D eigenvalue weighted by atomic mass is 9.33. The number of rotatable bonds is 3. The maximum Gasteiger partial charge on any atom is 0.252 e. The fourth-order valence-corrected chi connectivity index (χ4v) is 10.3. The molecule has 14 rings (SSSR count). The second-order valence-electron chi connectivity index (χ2n) is 16.0. The van der Waals surface area contributed by atoms with Crippen molar-refractivity contribution in [2.75, 3.05) is 9.80 Å². The van der Waals surface area contributed by atoms with E-state index in [1.165, 1.54) is 22.1 Å². The summed E-state index contributed by atoms with van der Waals surface area (Å²) in [7, 11) is 0. The lowest BCUT2D eigenvalue weighted by Gasteiger charge is -2.43. The molecule has 0 amide bonds. The minimum Gasteiger partial charge on any atom is -0.456 e. The highest BCUT2D eigenvalue weighted by molar-refractivity contribution is 7.00. The van der Waals surface area contributed by atoms with Crippen molar-refractivity contribution in [2.24, 2.45) is 0 Å².